The molecule has 100 valence electrons. The first-order valence-electron chi connectivity index (χ1n) is 5.98. The monoisotopic (exact) mass is 260 g/mol. The summed E-state index contributed by atoms with van der Waals surface area (Å²) < 4.78 is 15.4. The standard InChI is InChI=1S/C15H16O4/c1-17-12-6-3-11(4-7-12)5-8-13-9-14(18-2)10-15(16)19-13/h3-8,10,13H,9H2,1-2H3/b8-5+/t13-/m1/s1. The van der Waals surface area contributed by atoms with E-state index in [4.69, 9.17) is 14.2 Å². The van der Waals surface area contributed by atoms with E-state index in [0.717, 1.165) is 11.3 Å². The molecule has 1 heterocycles. The van der Waals surface area contributed by atoms with Gasteiger partial charge in [-0.2, -0.15) is 0 Å². The van der Waals surface area contributed by atoms with Crippen molar-refractivity contribution in [3.8, 4) is 5.75 Å². The first kappa shape index (κ1) is 13.2. The molecule has 1 aliphatic heterocycles. The summed E-state index contributed by atoms with van der Waals surface area (Å²) in [5, 5.41) is 0. The van der Waals surface area contributed by atoms with E-state index in [-0.39, 0.29) is 12.1 Å². The molecule has 0 amide bonds. The summed E-state index contributed by atoms with van der Waals surface area (Å²) >= 11 is 0. The Morgan fingerprint density at radius 3 is 2.58 bits per heavy atom. The molecular weight excluding hydrogens is 244 g/mol. The molecule has 19 heavy (non-hydrogen) atoms. The lowest BCUT2D eigenvalue weighted by atomic mass is 10.1. The SMILES string of the molecule is COC1=CC(=O)O[C@H](/C=C/c2ccc(OC)cc2)C1. The molecule has 0 aromatic heterocycles. The van der Waals surface area contributed by atoms with Crippen LogP contribution < -0.4 is 4.74 Å². The molecule has 0 bridgehead atoms. The number of benzene rings is 1. The van der Waals surface area contributed by atoms with Crippen LogP contribution in [0.3, 0.4) is 0 Å². The second kappa shape index (κ2) is 6.09. The van der Waals surface area contributed by atoms with Gasteiger partial charge in [-0.15, -0.1) is 0 Å². The fourth-order valence-corrected chi connectivity index (χ4v) is 1.80. The highest BCUT2D eigenvalue weighted by molar-refractivity contribution is 5.83. The van der Waals surface area contributed by atoms with Gasteiger partial charge in [-0.25, -0.2) is 4.79 Å². The normalized spacial score (nSPS) is 18.9. The zero-order valence-electron chi connectivity index (χ0n) is 11.0. The lowest BCUT2D eigenvalue weighted by molar-refractivity contribution is -0.142. The molecule has 0 aliphatic carbocycles. The number of rotatable bonds is 4. The fraction of sp³-hybridized carbons (Fsp3) is 0.267. The van der Waals surface area contributed by atoms with Gasteiger partial charge in [0.1, 0.15) is 17.6 Å². The van der Waals surface area contributed by atoms with Crippen LogP contribution in [0.4, 0.5) is 0 Å². The first-order valence-corrected chi connectivity index (χ1v) is 5.98. The van der Waals surface area contributed by atoms with E-state index in [1.165, 1.54) is 6.08 Å². The van der Waals surface area contributed by atoms with Crippen molar-refractivity contribution in [2.75, 3.05) is 14.2 Å². The quantitative estimate of drug-likeness (QED) is 0.780. The van der Waals surface area contributed by atoms with Gasteiger partial charge in [-0.05, 0) is 23.8 Å². The zero-order chi connectivity index (χ0) is 13.7. The minimum atomic E-state index is -0.368. The summed E-state index contributed by atoms with van der Waals surface area (Å²) in [5.74, 6) is 1.08. The Labute approximate surface area is 112 Å². The zero-order valence-corrected chi connectivity index (χ0v) is 11.0. The van der Waals surface area contributed by atoms with Crippen LogP contribution in [0.15, 0.2) is 42.2 Å². The molecule has 0 N–H and O–H groups in total. The molecule has 0 saturated heterocycles. The molecule has 4 heteroatoms. The third-order valence-corrected chi connectivity index (χ3v) is 2.83. The van der Waals surface area contributed by atoms with Gasteiger partial charge >= 0.3 is 5.97 Å². The Kier molecular flexibility index (Phi) is 4.23. The largest absolute Gasteiger partial charge is 0.501 e. The first-order chi connectivity index (χ1) is 9.21. The molecule has 0 saturated carbocycles. The van der Waals surface area contributed by atoms with Gasteiger partial charge in [0.25, 0.3) is 0 Å². The Hall–Kier alpha value is -2.23. The van der Waals surface area contributed by atoms with Crippen molar-refractivity contribution >= 4 is 12.0 Å². The van der Waals surface area contributed by atoms with Crippen LogP contribution in [-0.2, 0) is 14.3 Å². The van der Waals surface area contributed by atoms with Gasteiger partial charge in [-0.3, -0.25) is 0 Å². The highest BCUT2D eigenvalue weighted by Crippen LogP contribution is 2.18. The number of esters is 1. The van der Waals surface area contributed by atoms with E-state index >= 15 is 0 Å². The second-order valence-electron chi connectivity index (χ2n) is 4.13. The van der Waals surface area contributed by atoms with Gasteiger partial charge in [-0.1, -0.05) is 18.2 Å². The molecule has 1 atom stereocenters. The summed E-state index contributed by atoms with van der Waals surface area (Å²) in [5.41, 5.74) is 1.02. The average molecular weight is 260 g/mol. The Balaban J connectivity index is 2.02. The molecule has 1 aromatic carbocycles. The second-order valence-corrected chi connectivity index (χ2v) is 4.13. The van der Waals surface area contributed by atoms with E-state index in [9.17, 15) is 4.79 Å². The van der Waals surface area contributed by atoms with Crippen molar-refractivity contribution < 1.29 is 19.0 Å². The molecular formula is C15H16O4. The number of methoxy groups -OCH3 is 2. The topological polar surface area (TPSA) is 44.8 Å². The van der Waals surface area contributed by atoms with E-state index in [0.29, 0.717) is 12.2 Å². The van der Waals surface area contributed by atoms with Crippen LogP contribution >= 0.6 is 0 Å². The number of hydrogen-bond donors (Lipinski definition) is 0. The minimum absolute atomic E-state index is 0.283. The number of carbonyl (C=O) groups excluding carboxylic acids is 1. The number of hydrogen-bond acceptors (Lipinski definition) is 4. The summed E-state index contributed by atoms with van der Waals surface area (Å²) in [6.45, 7) is 0. The van der Waals surface area contributed by atoms with Crippen molar-refractivity contribution in [1.82, 2.24) is 0 Å². The van der Waals surface area contributed by atoms with Crippen molar-refractivity contribution in [1.29, 1.82) is 0 Å². The van der Waals surface area contributed by atoms with E-state index in [1.807, 2.05) is 36.4 Å². The molecule has 1 aromatic rings. The van der Waals surface area contributed by atoms with E-state index < -0.39 is 0 Å². The molecule has 1 aliphatic rings. The lowest BCUT2D eigenvalue weighted by Crippen LogP contribution is -2.21. The van der Waals surface area contributed by atoms with Gasteiger partial charge in [0, 0.05) is 6.42 Å². The molecule has 4 nitrogen and oxygen atoms in total. The van der Waals surface area contributed by atoms with Gasteiger partial charge in [0.2, 0.25) is 0 Å². The highest BCUT2D eigenvalue weighted by atomic mass is 16.5. The molecule has 0 radical (unpaired) electrons. The fourth-order valence-electron chi connectivity index (χ4n) is 1.80. The van der Waals surface area contributed by atoms with Gasteiger partial charge in [0.05, 0.1) is 20.3 Å². The van der Waals surface area contributed by atoms with Crippen LogP contribution in [-0.4, -0.2) is 26.3 Å². The van der Waals surface area contributed by atoms with E-state index in [1.54, 1.807) is 14.2 Å². The van der Waals surface area contributed by atoms with Crippen molar-refractivity contribution in [2.45, 2.75) is 12.5 Å². The summed E-state index contributed by atoms with van der Waals surface area (Å²) in [6, 6.07) is 7.64. The van der Waals surface area contributed by atoms with Crippen LogP contribution in [0.5, 0.6) is 5.75 Å². The predicted molar refractivity (Wildman–Crippen MR) is 71.6 cm³/mol. The molecule has 0 fully saturated rings. The van der Waals surface area contributed by atoms with E-state index in [2.05, 4.69) is 0 Å². The predicted octanol–water partition coefficient (Wildman–Crippen LogP) is 2.55. The Morgan fingerprint density at radius 2 is 1.95 bits per heavy atom. The third kappa shape index (κ3) is 3.61. The van der Waals surface area contributed by atoms with Crippen molar-refractivity contribution in [3.63, 3.8) is 0 Å². The van der Waals surface area contributed by atoms with Gasteiger partial charge in [0.15, 0.2) is 0 Å². The Bertz CT molecular complexity index is 499. The maximum Gasteiger partial charge on any atom is 0.334 e. The van der Waals surface area contributed by atoms with Gasteiger partial charge < -0.3 is 14.2 Å². The van der Waals surface area contributed by atoms with Crippen LogP contribution in [0, 0.1) is 0 Å². The lowest BCUT2D eigenvalue weighted by Gasteiger charge is -2.19. The third-order valence-electron chi connectivity index (χ3n) is 2.83. The minimum Gasteiger partial charge on any atom is -0.501 e. The summed E-state index contributed by atoms with van der Waals surface area (Å²) in [4.78, 5) is 11.3. The summed E-state index contributed by atoms with van der Waals surface area (Å²) in [6.07, 6.45) is 5.42. The molecule has 0 spiro atoms. The highest BCUT2D eigenvalue weighted by Gasteiger charge is 2.19. The molecule has 2 rings (SSSR count). The van der Waals surface area contributed by atoms with Crippen molar-refractivity contribution in [3.05, 3.63) is 47.7 Å². The van der Waals surface area contributed by atoms with Crippen molar-refractivity contribution in [2.24, 2.45) is 0 Å². The maximum atomic E-state index is 11.3. The number of carbonyl (C=O) groups is 1. The number of cyclic esters (lactones) is 1. The molecule has 0 unspecified atom stereocenters. The number of ether oxygens (including phenoxy) is 3. The maximum absolute atomic E-state index is 11.3. The van der Waals surface area contributed by atoms with Crippen LogP contribution in [0.1, 0.15) is 12.0 Å². The smallest absolute Gasteiger partial charge is 0.334 e. The Morgan fingerprint density at radius 1 is 1.21 bits per heavy atom. The summed E-state index contributed by atoms with van der Waals surface area (Å²) in [7, 11) is 3.18. The van der Waals surface area contributed by atoms with Crippen LogP contribution in [0.2, 0.25) is 0 Å². The average Bonchev–Trinajstić information content (AvgIpc) is 2.45. The van der Waals surface area contributed by atoms with Crippen LogP contribution in [0.25, 0.3) is 6.08 Å².